The highest BCUT2D eigenvalue weighted by atomic mass is 19.2. The van der Waals surface area contributed by atoms with Crippen LogP contribution in [0.2, 0.25) is 0 Å². The number of rotatable bonds is 5. The Labute approximate surface area is 143 Å². The normalized spacial score (nSPS) is 14.5. The molecule has 1 aromatic carbocycles. The maximum atomic E-state index is 13.2. The lowest BCUT2D eigenvalue weighted by Crippen LogP contribution is -2.35. The van der Waals surface area contributed by atoms with Gasteiger partial charge in [0.1, 0.15) is 6.54 Å². The van der Waals surface area contributed by atoms with Gasteiger partial charge < -0.3 is 10.6 Å². The van der Waals surface area contributed by atoms with E-state index in [0.717, 1.165) is 37.8 Å². The third kappa shape index (κ3) is 4.40. The number of nitrogens with zero attached hydrogens (tertiary/aromatic N) is 2. The van der Waals surface area contributed by atoms with Crippen LogP contribution in [0.15, 0.2) is 30.6 Å². The van der Waals surface area contributed by atoms with Crippen molar-refractivity contribution in [2.24, 2.45) is 0 Å². The lowest BCUT2D eigenvalue weighted by Gasteiger charge is -2.11. The minimum absolute atomic E-state index is 0.00868. The molecule has 3 rings (SSSR count). The van der Waals surface area contributed by atoms with Gasteiger partial charge in [-0.05, 0) is 31.0 Å². The summed E-state index contributed by atoms with van der Waals surface area (Å²) in [5, 5.41) is 9.50. The minimum Gasteiger partial charge on any atom is -0.352 e. The van der Waals surface area contributed by atoms with E-state index in [4.69, 9.17) is 0 Å². The number of carbonyl (C=O) groups excluding carboxylic acids is 2. The fourth-order valence-corrected chi connectivity index (χ4v) is 2.85. The minimum atomic E-state index is -1.09. The van der Waals surface area contributed by atoms with E-state index in [0.29, 0.717) is 5.69 Å². The Kier molecular flexibility index (Phi) is 5.06. The first-order chi connectivity index (χ1) is 12.0. The second-order valence-corrected chi connectivity index (χ2v) is 6.06. The van der Waals surface area contributed by atoms with Crippen LogP contribution in [-0.2, 0) is 11.3 Å². The molecule has 2 amide bonds. The largest absolute Gasteiger partial charge is 0.352 e. The second kappa shape index (κ2) is 7.42. The Morgan fingerprint density at radius 1 is 1.20 bits per heavy atom. The molecule has 2 aromatic rings. The van der Waals surface area contributed by atoms with Crippen molar-refractivity contribution < 1.29 is 18.4 Å². The van der Waals surface area contributed by atoms with Crippen molar-refractivity contribution >= 4 is 17.5 Å². The fourth-order valence-electron chi connectivity index (χ4n) is 2.85. The summed E-state index contributed by atoms with van der Waals surface area (Å²) >= 11 is 0. The molecule has 2 N–H and O–H groups in total. The lowest BCUT2D eigenvalue weighted by atomic mass is 10.2. The average Bonchev–Trinajstić information content (AvgIpc) is 3.22. The van der Waals surface area contributed by atoms with Gasteiger partial charge >= 0.3 is 0 Å². The Morgan fingerprint density at radius 2 is 1.96 bits per heavy atom. The molecule has 0 saturated heterocycles. The van der Waals surface area contributed by atoms with Crippen molar-refractivity contribution in [3.05, 3.63) is 47.8 Å². The van der Waals surface area contributed by atoms with E-state index in [2.05, 4.69) is 15.7 Å². The first kappa shape index (κ1) is 17.1. The number of hydrogen-bond donors (Lipinski definition) is 2. The molecule has 1 aliphatic rings. The summed E-state index contributed by atoms with van der Waals surface area (Å²) in [4.78, 5) is 24.0. The highest BCUT2D eigenvalue weighted by Crippen LogP contribution is 2.17. The molecule has 1 aliphatic carbocycles. The first-order valence-corrected chi connectivity index (χ1v) is 8.09. The average molecular weight is 348 g/mol. The van der Waals surface area contributed by atoms with Crippen molar-refractivity contribution in [2.75, 3.05) is 5.32 Å². The van der Waals surface area contributed by atoms with Crippen LogP contribution < -0.4 is 10.6 Å². The van der Waals surface area contributed by atoms with E-state index in [-0.39, 0.29) is 24.1 Å². The SMILES string of the molecule is O=C(Cn1cc(NC(=O)c2ccc(F)c(F)c2)cn1)NC1CCCC1. The highest BCUT2D eigenvalue weighted by Gasteiger charge is 2.17. The summed E-state index contributed by atoms with van der Waals surface area (Å²) in [5.74, 6) is -2.83. The molecule has 25 heavy (non-hydrogen) atoms. The molecule has 0 aliphatic heterocycles. The Morgan fingerprint density at radius 3 is 2.68 bits per heavy atom. The van der Waals surface area contributed by atoms with Crippen LogP contribution in [0.1, 0.15) is 36.0 Å². The highest BCUT2D eigenvalue weighted by molar-refractivity contribution is 6.04. The van der Waals surface area contributed by atoms with Crippen LogP contribution >= 0.6 is 0 Å². The molecule has 0 bridgehead atoms. The number of hydrogen-bond acceptors (Lipinski definition) is 3. The quantitative estimate of drug-likeness (QED) is 0.872. The molecule has 1 heterocycles. The Hall–Kier alpha value is -2.77. The van der Waals surface area contributed by atoms with Crippen molar-refractivity contribution in [1.29, 1.82) is 0 Å². The van der Waals surface area contributed by atoms with Gasteiger partial charge in [-0.15, -0.1) is 0 Å². The molecule has 0 spiro atoms. The predicted molar refractivity (Wildman–Crippen MR) is 86.9 cm³/mol. The zero-order valence-electron chi connectivity index (χ0n) is 13.5. The first-order valence-electron chi connectivity index (χ1n) is 8.09. The van der Waals surface area contributed by atoms with Crippen LogP contribution in [0.5, 0.6) is 0 Å². The Balaban J connectivity index is 1.56. The maximum Gasteiger partial charge on any atom is 0.255 e. The zero-order valence-corrected chi connectivity index (χ0v) is 13.5. The molecular weight excluding hydrogens is 330 g/mol. The third-order valence-corrected chi connectivity index (χ3v) is 4.10. The van der Waals surface area contributed by atoms with Gasteiger partial charge in [0, 0.05) is 17.8 Å². The lowest BCUT2D eigenvalue weighted by molar-refractivity contribution is -0.122. The van der Waals surface area contributed by atoms with E-state index in [1.54, 1.807) is 0 Å². The van der Waals surface area contributed by atoms with Crippen LogP contribution in [0, 0.1) is 11.6 Å². The molecule has 0 atom stereocenters. The van der Waals surface area contributed by atoms with Gasteiger partial charge in [0.2, 0.25) is 5.91 Å². The van der Waals surface area contributed by atoms with Crippen molar-refractivity contribution in [1.82, 2.24) is 15.1 Å². The molecule has 1 saturated carbocycles. The van der Waals surface area contributed by atoms with Crippen LogP contribution in [0.25, 0.3) is 0 Å². The Bertz CT molecular complexity index is 785. The van der Waals surface area contributed by atoms with Crippen LogP contribution in [-0.4, -0.2) is 27.6 Å². The zero-order chi connectivity index (χ0) is 17.8. The third-order valence-electron chi connectivity index (χ3n) is 4.10. The van der Waals surface area contributed by atoms with Crippen molar-refractivity contribution in [3.63, 3.8) is 0 Å². The molecule has 132 valence electrons. The van der Waals surface area contributed by atoms with Gasteiger partial charge in [0.05, 0.1) is 11.9 Å². The topological polar surface area (TPSA) is 76.0 Å². The van der Waals surface area contributed by atoms with Gasteiger partial charge in [-0.2, -0.15) is 5.10 Å². The number of anilines is 1. The molecule has 0 unspecified atom stereocenters. The summed E-state index contributed by atoms with van der Waals surface area (Å²) < 4.78 is 27.5. The summed E-state index contributed by atoms with van der Waals surface area (Å²) in [6, 6.07) is 3.13. The summed E-state index contributed by atoms with van der Waals surface area (Å²) in [6.07, 6.45) is 7.16. The van der Waals surface area contributed by atoms with E-state index >= 15 is 0 Å². The fraction of sp³-hybridized carbons (Fsp3) is 0.353. The van der Waals surface area contributed by atoms with Gasteiger partial charge in [0.25, 0.3) is 5.91 Å². The molecule has 8 heteroatoms. The van der Waals surface area contributed by atoms with Crippen molar-refractivity contribution in [3.8, 4) is 0 Å². The molecule has 1 fully saturated rings. The molecule has 1 aromatic heterocycles. The standard InChI is InChI=1S/C17H18F2N4O2/c18-14-6-5-11(7-15(14)19)17(25)22-13-8-20-23(9-13)10-16(24)21-12-3-1-2-4-12/h5-9,12H,1-4,10H2,(H,21,24)(H,22,25). The summed E-state index contributed by atoms with van der Waals surface area (Å²) in [7, 11) is 0. The smallest absolute Gasteiger partial charge is 0.255 e. The van der Waals surface area contributed by atoms with E-state index < -0.39 is 17.5 Å². The van der Waals surface area contributed by atoms with E-state index in [1.807, 2.05) is 0 Å². The van der Waals surface area contributed by atoms with Gasteiger partial charge in [0.15, 0.2) is 11.6 Å². The number of amides is 2. The number of nitrogens with one attached hydrogen (secondary N) is 2. The maximum absolute atomic E-state index is 13.2. The van der Waals surface area contributed by atoms with Gasteiger partial charge in [-0.1, -0.05) is 12.8 Å². The summed E-state index contributed by atoms with van der Waals surface area (Å²) in [6.45, 7) is 0.0531. The van der Waals surface area contributed by atoms with Crippen LogP contribution in [0.3, 0.4) is 0 Å². The number of aromatic nitrogens is 2. The predicted octanol–water partition coefficient (Wildman–Crippen LogP) is 2.47. The second-order valence-electron chi connectivity index (χ2n) is 6.06. The molecule has 6 nitrogen and oxygen atoms in total. The van der Waals surface area contributed by atoms with Crippen LogP contribution in [0.4, 0.5) is 14.5 Å². The number of benzene rings is 1. The number of carbonyl (C=O) groups is 2. The van der Waals surface area contributed by atoms with E-state index in [9.17, 15) is 18.4 Å². The van der Waals surface area contributed by atoms with Gasteiger partial charge in [-0.3, -0.25) is 14.3 Å². The molecule has 0 radical (unpaired) electrons. The number of halogens is 2. The van der Waals surface area contributed by atoms with Gasteiger partial charge in [-0.25, -0.2) is 8.78 Å². The van der Waals surface area contributed by atoms with Crippen molar-refractivity contribution in [2.45, 2.75) is 38.3 Å². The summed E-state index contributed by atoms with van der Waals surface area (Å²) in [5.41, 5.74) is 0.356. The van der Waals surface area contributed by atoms with E-state index in [1.165, 1.54) is 23.1 Å². The monoisotopic (exact) mass is 348 g/mol. The molecular formula is C17H18F2N4O2.